The van der Waals surface area contributed by atoms with Crippen LogP contribution in [0.15, 0.2) is 42.5 Å². The second kappa shape index (κ2) is 9.33. The average molecular weight is 445 g/mol. The Balaban J connectivity index is 1.60. The van der Waals surface area contributed by atoms with E-state index in [4.69, 9.17) is 4.74 Å². The van der Waals surface area contributed by atoms with Crippen molar-refractivity contribution < 1.29 is 27.9 Å². The van der Waals surface area contributed by atoms with Crippen LogP contribution in [0.5, 0.6) is 0 Å². The predicted molar refractivity (Wildman–Crippen MR) is 114 cm³/mol. The highest BCUT2D eigenvalue weighted by Crippen LogP contribution is 2.17. The van der Waals surface area contributed by atoms with Crippen molar-refractivity contribution in [1.82, 2.24) is 9.80 Å². The zero-order valence-corrected chi connectivity index (χ0v) is 18.2. The van der Waals surface area contributed by atoms with Gasteiger partial charge in [-0.2, -0.15) is 0 Å². The summed E-state index contributed by atoms with van der Waals surface area (Å²) in [7, 11) is 0. The van der Waals surface area contributed by atoms with E-state index >= 15 is 0 Å². The highest BCUT2D eigenvalue weighted by Gasteiger charge is 2.26. The molecule has 1 saturated heterocycles. The molecular weight excluding hydrogens is 420 g/mol. The van der Waals surface area contributed by atoms with Crippen LogP contribution < -0.4 is 5.32 Å². The number of benzene rings is 2. The molecule has 0 bridgehead atoms. The summed E-state index contributed by atoms with van der Waals surface area (Å²) in [5.41, 5.74) is 0.231. The normalized spacial score (nSPS) is 14.2. The van der Waals surface area contributed by atoms with Crippen LogP contribution in [0.25, 0.3) is 0 Å². The molecule has 0 radical (unpaired) electrons. The van der Waals surface area contributed by atoms with Crippen molar-refractivity contribution in [3.05, 3.63) is 65.2 Å². The molecule has 0 saturated carbocycles. The smallest absolute Gasteiger partial charge is 0.412 e. The minimum Gasteiger partial charge on any atom is -0.444 e. The maximum atomic E-state index is 13.4. The minimum atomic E-state index is -1.08. The quantitative estimate of drug-likeness (QED) is 0.777. The van der Waals surface area contributed by atoms with E-state index in [0.29, 0.717) is 11.3 Å². The fourth-order valence-electron chi connectivity index (χ4n) is 3.26. The monoisotopic (exact) mass is 445 g/mol. The van der Waals surface area contributed by atoms with Crippen molar-refractivity contribution in [2.75, 3.05) is 31.5 Å². The largest absolute Gasteiger partial charge is 0.444 e. The van der Waals surface area contributed by atoms with Crippen LogP contribution in [0.1, 0.15) is 41.5 Å². The van der Waals surface area contributed by atoms with Crippen molar-refractivity contribution >= 4 is 23.6 Å². The van der Waals surface area contributed by atoms with Crippen LogP contribution in [0.2, 0.25) is 0 Å². The Bertz CT molecular complexity index is 1030. The van der Waals surface area contributed by atoms with Gasteiger partial charge in [0.2, 0.25) is 0 Å². The van der Waals surface area contributed by atoms with Gasteiger partial charge in [0, 0.05) is 43.0 Å². The maximum Gasteiger partial charge on any atom is 0.412 e. The number of amides is 3. The molecule has 0 atom stereocenters. The van der Waals surface area contributed by atoms with E-state index in [1.54, 1.807) is 49.9 Å². The molecule has 0 unspecified atom stereocenters. The molecule has 3 rings (SSSR count). The van der Waals surface area contributed by atoms with Gasteiger partial charge in [0.25, 0.3) is 11.8 Å². The molecule has 1 aliphatic rings. The lowest BCUT2D eigenvalue weighted by atomic mass is 10.1. The third-order valence-electron chi connectivity index (χ3n) is 4.78. The molecule has 0 aliphatic carbocycles. The zero-order chi connectivity index (χ0) is 23.5. The van der Waals surface area contributed by atoms with E-state index in [1.807, 2.05) is 0 Å². The Labute approximate surface area is 184 Å². The van der Waals surface area contributed by atoms with Crippen molar-refractivity contribution in [2.24, 2.45) is 0 Å². The number of hydrogen-bond acceptors (Lipinski definition) is 4. The van der Waals surface area contributed by atoms with Gasteiger partial charge in [-0.25, -0.2) is 13.6 Å². The molecule has 2 aromatic rings. The van der Waals surface area contributed by atoms with Gasteiger partial charge in [0.05, 0.1) is 0 Å². The standard InChI is InChI=1S/C23H25F2N3O4/c1-23(2,3)32-22(31)26-17-6-4-5-15(13-17)20(29)27-9-11-28(12-10-27)21(30)16-7-8-18(24)19(25)14-16/h4-8,13-14H,9-12H2,1-3H3,(H,26,31). The van der Waals surface area contributed by atoms with E-state index in [-0.39, 0.29) is 37.6 Å². The SMILES string of the molecule is CC(C)(C)OC(=O)Nc1cccc(C(=O)N2CCN(C(=O)c3ccc(F)c(F)c3)CC2)c1. The van der Waals surface area contributed by atoms with Gasteiger partial charge in [0.1, 0.15) is 5.60 Å². The average Bonchev–Trinajstić information content (AvgIpc) is 2.73. The predicted octanol–water partition coefficient (Wildman–Crippen LogP) is 3.91. The summed E-state index contributed by atoms with van der Waals surface area (Å²) in [6.45, 7) is 6.37. The summed E-state index contributed by atoms with van der Waals surface area (Å²) in [5, 5.41) is 2.60. The molecular formula is C23H25F2N3O4. The lowest BCUT2D eigenvalue weighted by molar-refractivity contribution is 0.0535. The number of carbonyl (C=O) groups is 3. The van der Waals surface area contributed by atoms with Crippen molar-refractivity contribution in [3.8, 4) is 0 Å². The van der Waals surface area contributed by atoms with Crippen LogP contribution in [0.4, 0.5) is 19.3 Å². The van der Waals surface area contributed by atoms with Crippen LogP contribution in [0, 0.1) is 11.6 Å². The first kappa shape index (κ1) is 23.2. The van der Waals surface area contributed by atoms with Gasteiger partial charge >= 0.3 is 6.09 Å². The molecule has 1 fully saturated rings. The first-order chi connectivity index (χ1) is 15.0. The number of piperazine rings is 1. The Kier molecular flexibility index (Phi) is 6.76. The van der Waals surface area contributed by atoms with E-state index < -0.39 is 29.2 Å². The number of rotatable bonds is 3. The highest BCUT2D eigenvalue weighted by atomic mass is 19.2. The van der Waals surface area contributed by atoms with Crippen LogP contribution >= 0.6 is 0 Å². The Morgan fingerprint density at radius 2 is 1.41 bits per heavy atom. The maximum absolute atomic E-state index is 13.4. The molecule has 3 amide bonds. The molecule has 1 heterocycles. The summed E-state index contributed by atoms with van der Waals surface area (Å²) < 4.78 is 31.7. The molecule has 0 aromatic heterocycles. The van der Waals surface area contributed by atoms with Gasteiger partial charge in [-0.15, -0.1) is 0 Å². The summed E-state index contributed by atoms with van der Waals surface area (Å²) in [5.74, 6) is -2.75. The lowest BCUT2D eigenvalue weighted by Crippen LogP contribution is -2.50. The topological polar surface area (TPSA) is 79.0 Å². The summed E-state index contributed by atoms with van der Waals surface area (Å²) in [4.78, 5) is 40.5. The number of carbonyl (C=O) groups excluding carboxylic acids is 3. The first-order valence-corrected chi connectivity index (χ1v) is 10.2. The van der Waals surface area contributed by atoms with E-state index in [9.17, 15) is 23.2 Å². The van der Waals surface area contributed by atoms with E-state index in [1.165, 1.54) is 11.0 Å². The number of nitrogens with zero attached hydrogens (tertiary/aromatic N) is 2. The minimum absolute atomic E-state index is 0.0598. The van der Waals surface area contributed by atoms with Gasteiger partial charge in [0.15, 0.2) is 11.6 Å². The summed E-state index contributed by atoms with van der Waals surface area (Å²) >= 11 is 0. The molecule has 9 heteroatoms. The molecule has 2 aromatic carbocycles. The van der Waals surface area contributed by atoms with Crippen molar-refractivity contribution in [3.63, 3.8) is 0 Å². The first-order valence-electron chi connectivity index (χ1n) is 10.2. The van der Waals surface area contributed by atoms with Crippen LogP contribution in [0.3, 0.4) is 0 Å². The Hall–Kier alpha value is -3.49. The number of halogens is 2. The van der Waals surface area contributed by atoms with Gasteiger partial charge in [-0.05, 0) is 57.2 Å². The Morgan fingerprint density at radius 3 is 1.94 bits per heavy atom. The lowest BCUT2D eigenvalue weighted by Gasteiger charge is -2.35. The molecule has 1 N–H and O–H groups in total. The number of hydrogen-bond donors (Lipinski definition) is 1. The third-order valence-corrected chi connectivity index (χ3v) is 4.78. The van der Waals surface area contributed by atoms with E-state index in [0.717, 1.165) is 12.1 Å². The number of ether oxygens (including phenoxy) is 1. The summed E-state index contributed by atoms with van der Waals surface area (Å²) in [6, 6.07) is 9.54. The fourth-order valence-corrected chi connectivity index (χ4v) is 3.26. The fraction of sp³-hybridized carbons (Fsp3) is 0.348. The number of anilines is 1. The molecule has 0 spiro atoms. The second-order valence-electron chi connectivity index (χ2n) is 8.42. The van der Waals surface area contributed by atoms with E-state index in [2.05, 4.69) is 5.32 Å². The third kappa shape index (κ3) is 5.81. The van der Waals surface area contributed by atoms with Crippen LogP contribution in [-0.4, -0.2) is 59.5 Å². The van der Waals surface area contributed by atoms with Gasteiger partial charge in [-0.3, -0.25) is 14.9 Å². The number of nitrogens with one attached hydrogen (secondary N) is 1. The Morgan fingerprint density at radius 1 is 0.844 bits per heavy atom. The molecule has 170 valence electrons. The molecule has 7 nitrogen and oxygen atoms in total. The van der Waals surface area contributed by atoms with Crippen LogP contribution in [-0.2, 0) is 4.74 Å². The summed E-state index contributed by atoms with van der Waals surface area (Å²) in [6.07, 6.45) is -0.619. The van der Waals surface area contributed by atoms with Gasteiger partial charge in [-0.1, -0.05) is 6.07 Å². The van der Waals surface area contributed by atoms with Gasteiger partial charge < -0.3 is 14.5 Å². The molecule has 1 aliphatic heterocycles. The second-order valence-corrected chi connectivity index (χ2v) is 8.42. The van der Waals surface area contributed by atoms with Crippen molar-refractivity contribution in [1.29, 1.82) is 0 Å². The highest BCUT2D eigenvalue weighted by molar-refractivity contribution is 5.97. The zero-order valence-electron chi connectivity index (χ0n) is 18.2. The van der Waals surface area contributed by atoms with Crippen molar-refractivity contribution in [2.45, 2.75) is 26.4 Å². The molecule has 32 heavy (non-hydrogen) atoms.